The van der Waals surface area contributed by atoms with Crippen LogP contribution < -0.4 is 5.32 Å². The molecule has 0 bridgehead atoms. The molecule has 0 heterocycles. The number of carbonyl (C=O) groups is 2. The molecular weight excluding hydrogens is 304 g/mol. The summed E-state index contributed by atoms with van der Waals surface area (Å²) in [6, 6.07) is 6.12. The van der Waals surface area contributed by atoms with E-state index in [0.717, 1.165) is 18.4 Å². The maximum Gasteiger partial charge on any atom is 0.335 e. The van der Waals surface area contributed by atoms with Gasteiger partial charge in [0.15, 0.2) is 0 Å². The summed E-state index contributed by atoms with van der Waals surface area (Å²) in [5.74, 6) is -4.72. The second-order valence-corrected chi connectivity index (χ2v) is 6.53. The van der Waals surface area contributed by atoms with Gasteiger partial charge in [-0.25, -0.2) is 13.6 Å². The van der Waals surface area contributed by atoms with Gasteiger partial charge in [-0.2, -0.15) is 0 Å². The number of aromatic carboxylic acids is 1. The molecule has 2 saturated carbocycles. The quantitative estimate of drug-likeness (QED) is 0.874. The first-order chi connectivity index (χ1) is 10.9. The molecule has 2 fully saturated rings. The number of hydrogen-bond donors (Lipinski definition) is 2. The molecule has 1 aromatic carbocycles. The molecule has 23 heavy (non-hydrogen) atoms. The minimum Gasteiger partial charge on any atom is -0.478 e. The van der Waals surface area contributed by atoms with Crippen molar-refractivity contribution in [1.29, 1.82) is 0 Å². The van der Waals surface area contributed by atoms with Crippen LogP contribution in [-0.4, -0.2) is 22.9 Å². The van der Waals surface area contributed by atoms with Crippen LogP contribution in [0.4, 0.5) is 8.78 Å². The van der Waals surface area contributed by atoms with E-state index in [1.807, 2.05) is 0 Å². The van der Waals surface area contributed by atoms with Crippen molar-refractivity contribution in [1.82, 2.24) is 5.32 Å². The highest BCUT2D eigenvalue weighted by atomic mass is 19.3. The van der Waals surface area contributed by atoms with Crippen molar-refractivity contribution in [2.24, 2.45) is 11.3 Å². The van der Waals surface area contributed by atoms with Gasteiger partial charge in [0.2, 0.25) is 5.91 Å². The van der Waals surface area contributed by atoms with Gasteiger partial charge in [0.1, 0.15) is 0 Å². The van der Waals surface area contributed by atoms with E-state index >= 15 is 0 Å². The predicted octanol–water partition coefficient (Wildman–Crippen LogP) is 3.22. The van der Waals surface area contributed by atoms with Gasteiger partial charge in [0.25, 0.3) is 5.92 Å². The average molecular weight is 323 g/mol. The first kappa shape index (κ1) is 15.9. The Morgan fingerprint density at radius 2 is 1.91 bits per heavy atom. The Morgan fingerprint density at radius 1 is 1.22 bits per heavy atom. The number of halogens is 2. The zero-order valence-electron chi connectivity index (χ0n) is 12.6. The summed E-state index contributed by atoms with van der Waals surface area (Å²) in [5, 5.41) is 11.5. The van der Waals surface area contributed by atoms with Crippen molar-refractivity contribution in [3.8, 4) is 0 Å². The summed E-state index contributed by atoms with van der Waals surface area (Å²) < 4.78 is 27.9. The lowest BCUT2D eigenvalue weighted by Gasteiger charge is -2.19. The summed E-state index contributed by atoms with van der Waals surface area (Å²) in [4.78, 5) is 22.8. The van der Waals surface area contributed by atoms with Crippen LogP contribution in [0.15, 0.2) is 24.3 Å². The fraction of sp³-hybridized carbons (Fsp3) is 0.529. The van der Waals surface area contributed by atoms with Gasteiger partial charge in [-0.3, -0.25) is 4.79 Å². The van der Waals surface area contributed by atoms with Gasteiger partial charge in [-0.05, 0) is 30.5 Å². The summed E-state index contributed by atoms with van der Waals surface area (Å²) in [5.41, 5.74) is -0.215. The molecule has 2 aliphatic carbocycles. The van der Waals surface area contributed by atoms with Gasteiger partial charge in [-0.15, -0.1) is 0 Å². The van der Waals surface area contributed by atoms with E-state index in [4.69, 9.17) is 5.11 Å². The van der Waals surface area contributed by atoms with E-state index in [-0.39, 0.29) is 24.4 Å². The third-order valence-electron chi connectivity index (χ3n) is 5.22. The molecule has 2 N–H and O–H groups in total. The zero-order chi connectivity index (χ0) is 16.7. The van der Waals surface area contributed by atoms with Crippen molar-refractivity contribution in [2.45, 2.75) is 44.6 Å². The Labute approximate surface area is 132 Å². The number of rotatable bonds is 5. The maximum atomic E-state index is 14.0. The highest BCUT2D eigenvalue weighted by Crippen LogP contribution is 2.73. The molecule has 0 saturated heterocycles. The molecule has 0 radical (unpaired) electrons. The van der Waals surface area contributed by atoms with E-state index in [1.165, 1.54) is 12.1 Å². The number of carbonyl (C=O) groups excluding carboxylic acids is 1. The molecule has 6 heteroatoms. The summed E-state index contributed by atoms with van der Waals surface area (Å²) in [7, 11) is 0. The second-order valence-electron chi connectivity index (χ2n) is 6.53. The minimum atomic E-state index is -2.70. The lowest BCUT2D eigenvalue weighted by Crippen LogP contribution is -2.28. The van der Waals surface area contributed by atoms with Crippen molar-refractivity contribution in [3.05, 3.63) is 35.4 Å². The van der Waals surface area contributed by atoms with Gasteiger partial charge >= 0.3 is 5.97 Å². The molecule has 1 aromatic rings. The lowest BCUT2D eigenvalue weighted by molar-refractivity contribution is -0.123. The number of carboxylic acid groups (broad SMARTS) is 1. The standard InChI is InChI=1S/C17H19F2NO3/c18-17(19)13-3-1-2-8-16(13,17)9-14(21)20-10-11-4-6-12(7-5-11)15(22)23/h4-7,13H,1-3,8-10H2,(H,20,21)(H,22,23). The Balaban J connectivity index is 1.55. The van der Waals surface area contributed by atoms with Crippen molar-refractivity contribution < 1.29 is 23.5 Å². The third kappa shape index (κ3) is 2.71. The Hall–Kier alpha value is -1.98. The van der Waals surface area contributed by atoms with Gasteiger partial charge in [0, 0.05) is 18.9 Å². The number of carboxylic acids is 1. The fourth-order valence-electron chi connectivity index (χ4n) is 3.82. The second kappa shape index (κ2) is 5.58. The maximum absolute atomic E-state index is 14.0. The molecule has 2 unspecified atom stereocenters. The highest BCUT2D eigenvalue weighted by molar-refractivity contribution is 5.87. The molecule has 0 aliphatic heterocycles. The van der Waals surface area contributed by atoms with Gasteiger partial charge in [-0.1, -0.05) is 25.0 Å². The SMILES string of the molecule is O=C(CC12CCCCC1C2(F)F)NCc1ccc(C(=O)O)cc1. The largest absolute Gasteiger partial charge is 0.478 e. The Bertz CT molecular complexity index is 629. The monoisotopic (exact) mass is 323 g/mol. The fourth-order valence-corrected chi connectivity index (χ4v) is 3.82. The van der Waals surface area contributed by atoms with Crippen LogP contribution in [0.25, 0.3) is 0 Å². The Kier molecular flexibility index (Phi) is 3.86. The number of benzene rings is 1. The van der Waals surface area contributed by atoms with E-state index in [9.17, 15) is 18.4 Å². The predicted molar refractivity (Wildman–Crippen MR) is 79.2 cm³/mol. The summed E-state index contributed by atoms with van der Waals surface area (Å²) in [6.07, 6.45) is 2.38. The lowest BCUT2D eigenvalue weighted by atomic mass is 9.85. The van der Waals surface area contributed by atoms with E-state index in [1.54, 1.807) is 12.1 Å². The third-order valence-corrected chi connectivity index (χ3v) is 5.22. The molecule has 0 aromatic heterocycles. The number of amides is 1. The van der Waals surface area contributed by atoms with Crippen LogP contribution in [0.3, 0.4) is 0 Å². The van der Waals surface area contributed by atoms with Crippen LogP contribution in [0.5, 0.6) is 0 Å². The van der Waals surface area contributed by atoms with Crippen molar-refractivity contribution in [2.75, 3.05) is 0 Å². The van der Waals surface area contributed by atoms with Gasteiger partial charge in [0.05, 0.1) is 11.0 Å². The molecular formula is C17H19F2NO3. The van der Waals surface area contributed by atoms with Gasteiger partial charge < -0.3 is 10.4 Å². The van der Waals surface area contributed by atoms with Crippen LogP contribution in [0.2, 0.25) is 0 Å². The molecule has 3 rings (SSSR count). The highest BCUT2D eigenvalue weighted by Gasteiger charge is 2.80. The van der Waals surface area contributed by atoms with Crippen LogP contribution >= 0.6 is 0 Å². The number of nitrogens with one attached hydrogen (secondary N) is 1. The summed E-state index contributed by atoms with van der Waals surface area (Å²) >= 11 is 0. The molecule has 4 nitrogen and oxygen atoms in total. The first-order valence-corrected chi connectivity index (χ1v) is 7.83. The number of hydrogen-bond acceptors (Lipinski definition) is 2. The van der Waals surface area contributed by atoms with Crippen molar-refractivity contribution in [3.63, 3.8) is 0 Å². The van der Waals surface area contributed by atoms with E-state index in [0.29, 0.717) is 12.8 Å². The van der Waals surface area contributed by atoms with E-state index < -0.39 is 23.2 Å². The molecule has 1 amide bonds. The topological polar surface area (TPSA) is 66.4 Å². The number of alkyl halides is 2. The normalized spacial score (nSPS) is 27.8. The smallest absolute Gasteiger partial charge is 0.335 e. The van der Waals surface area contributed by atoms with E-state index in [2.05, 4.69) is 5.32 Å². The molecule has 2 atom stereocenters. The Morgan fingerprint density at radius 3 is 2.52 bits per heavy atom. The zero-order valence-corrected chi connectivity index (χ0v) is 12.6. The minimum absolute atomic E-state index is 0.127. The summed E-state index contributed by atoms with van der Waals surface area (Å²) in [6.45, 7) is 0.213. The van der Waals surface area contributed by atoms with Crippen LogP contribution in [0, 0.1) is 11.3 Å². The molecule has 124 valence electrons. The average Bonchev–Trinajstić information content (AvgIpc) is 3.01. The van der Waals surface area contributed by atoms with Crippen LogP contribution in [-0.2, 0) is 11.3 Å². The molecule has 0 spiro atoms. The number of fused-ring (bicyclic) bond motifs is 1. The van der Waals surface area contributed by atoms with Crippen molar-refractivity contribution >= 4 is 11.9 Å². The first-order valence-electron chi connectivity index (χ1n) is 7.83. The molecule has 2 aliphatic rings. The van der Waals surface area contributed by atoms with Crippen LogP contribution in [0.1, 0.15) is 48.0 Å².